The molecule has 0 spiro atoms. The summed E-state index contributed by atoms with van der Waals surface area (Å²) in [6.07, 6.45) is 1.76. The van der Waals surface area contributed by atoms with Gasteiger partial charge in [0, 0.05) is 17.7 Å². The summed E-state index contributed by atoms with van der Waals surface area (Å²) in [6.45, 7) is 0. The maximum atomic E-state index is 13.0. The fourth-order valence-corrected chi connectivity index (χ4v) is 1.24. The summed E-state index contributed by atoms with van der Waals surface area (Å²) in [7, 11) is 0. The van der Waals surface area contributed by atoms with Crippen LogP contribution in [0, 0.1) is 17.5 Å². The number of rotatable bonds is 3. The molecule has 1 N–H and O–H groups in total. The molecular weight excluding hydrogens is 265 g/mol. The Labute approximate surface area is 104 Å². The largest absolute Gasteiger partial charge is 0.478 e. The second kappa shape index (κ2) is 4.92. The highest BCUT2D eigenvalue weighted by molar-refractivity contribution is 5.84. The lowest BCUT2D eigenvalue weighted by molar-refractivity contribution is -0.131. The first-order valence-electron chi connectivity index (χ1n) is 4.87. The van der Waals surface area contributed by atoms with Crippen molar-refractivity contribution in [2.45, 2.75) is 0 Å². The van der Waals surface area contributed by atoms with Crippen molar-refractivity contribution in [1.82, 2.24) is 10.2 Å². The van der Waals surface area contributed by atoms with Crippen LogP contribution in [0.5, 0.6) is 0 Å². The Balaban J connectivity index is 2.35. The molecule has 1 aromatic carbocycles. The summed E-state index contributed by atoms with van der Waals surface area (Å²) in [6, 6.07) is 1.38. The van der Waals surface area contributed by atoms with Gasteiger partial charge in [-0.05, 0) is 12.1 Å². The molecule has 0 aliphatic heterocycles. The molecule has 0 aliphatic carbocycles. The van der Waals surface area contributed by atoms with Crippen LogP contribution in [-0.4, -0.2) is 21.3 Å². The summed E-state index contributed by atoms with van der Waals surface area (Å²) >= 11 is 0. The number of carboxylic acids is 1. The quantitative estimate of drug-likeness (QED) is 0.683. The van der Waals surface area contributed by atoms with Gasteiger partial charge in [0.15, 0.2) is 17.5 Å². The Morgan fingerprint density at radius 1 is 1.21 bits per heavy atom. The van der Waals surface area contributed by atoms with Crippen molar-refractivity contribution in [2.75, 3.05) is 0 Å². The number of halogens is 3. The van der Waals surface area contributed by atoms with E-state index in [9.17, 15) is 18.0 Å². The van der Waals surface area contributed by atoms with E-state index in [1.807, 2.05) is 0 Å². The predicted octanol–water partition coefficient (Wildman–Crippen LogP) is 2.25. The van der Waals surface area contributed by atoms with E-state index < -0.39 is 23.4 Å². The second-order valence-electron chi connectivity index (χ2n) is 3.37. The van der Waals surface area contributed by atoms with Gasteiger partial charge < -0.3 is 9.52 Å². The Hall–Kier alpha value is -2.64. The Bertz CT molecular complexity index is 644. The number of benzene rings is 1. The first kappa shape index (κ1) is 12.8. The molecule has 1 aromatic heterocycles. The molecule has 0 atom stereocenters. The van der Waals surface area contributed by atoms with Gasteiger partial charge in [-0.25, -0.2) is 18.0 Å². The maximum absolute atomic E-state index is 13.0. The van der Waals surface area contributed by atoms with Crippen LogP contribution in [-0.2, 0) is 4.79 Å². The number of hydrogen-bond acceptors (Lipinski definition) is 4. The minimum atomic E-state index is -1.60. The number of carbonyl (C=O) groups is 1. The monoisotopic (exact) mass is 270 g/mol. The lowest BCUT2D eigenvalue weighted by Crippen LogP contribution is -1.91. The minimum absolute atomic E-state index is 0.154. The van der Waals surface area contributed by atoms with E-state index in [1.54, 1.807) is 0 Å². The summed E-state index contributed by atoms with van der Waals surface area (Å²) in [4.78, 5) is 10.3. The van der Waals surface area contributed by atoms with Crippen molar-refractivity contribution in [1.29, 1.82) is 0 Å². The van der Waals surface area contributed by atoms with Crippen molar-refractivity contribution in [2.24, 2.45) is 0 Å². The highest BCUT2D eigenvalue weighted by Gasteiger charge is 2.15. The van der Waals surface area contributed by atoms with E-state index in [1.165, 1.54) is 0 Å². The van der Waals surface area contributed by atoms with Gasteiger partial charge in [-0.15, -0.1) is 10.2 Å². The molecule has 0 unspecified atom stereocenters. The van der Waals surface area contributed by atoms with Gasteiger partial charge in [-0.2, -0.15) is 0 Å². The van der Waals surface area contributed by atoms with Gasteiger partial charge in [0.2, 0.25) is 11.8 Å². The molecule has 0 aliphatic rings. The molecular formula is C11H5F3N2O3. The van der Waals surface area contributed by atoms with Crippen LogP contribution in [0.25, 0.3) is 17.5 Å². The van der Waals surface area contributed by atoms with E-state index in [0.717, 1.165) is 12.2 Å². The molecule has 2 rings (SSSR count). The van der Waals surface area contributed by atoms with E-state index in [0.29, 0.717) is 12.1 Å². The normalized spacial score (nSPS) is 11.1. The topological polar surface area (TPSA) is 76.2 Å². The predicted molar refractivity (Wildman–Crippen MR) is 56.3 cm³/mol. The highest BCUT2D eigenvalue weighted by atomic mass is 19.2. The zero-order valence-electron chi connectivity index (χ0n) is 9.10. The fourth-order valence-electron chi connectivity index (χ4n) is 1.24. The molecule has 0 amide bonds. The van der Waals surface area contributed by atoms with E-state index in [-0.39, 0.29) is 17.3 Å². The average molecular weight is 270 g/mol. The second-order valence-corrected chi connectivity index (χ2v) is 3.37. The lowest BCUT2D eigenvalue weighted by Gasteiger charge is -1.98. The van der Waals surface area contributed by atoms with Crippen molar-refractivity contribution in [3.63, 3.8) is 0 Å². The summed E-state index contributed by atoms with van der Waals surface area (Å²) in [5.74, 6) is -6.04. The standard InChI is InChI=1S/C11H5F3N2O3/c12-6-3-5(4-7(13)10(6)14)11-16-15-8(19-11)1-2-9(17)18/h1-4H,(H,17,18)/b2-1+. The molecule has 0 saturated carbocycles. The maximum Gasteiger partial charge on any atom is 0.328 e. The molecule has 0 radical (unpaired) electrons. The number of carboxylic acid groups (broad SMARTS) is 1. The molecule has 1 heterocycles. The molecule has 5 nitrogen and oxygen atoms in total. The third-order valence-electron chi connectivity index (χ3n) is 2.04. The van der Waals surface area contributed by atoms with Gasteiger partial charge in [-0.3, -0.25) is 0 Å². The van der Waals surface area contributed by atoms with Crippen LogP contribution < -0.4 is 0 Å². The first-order valence-corrected chi connectivity index (χ1v) is 4.87. The Morgan fingerprint density at radius 3 is 2.42 bits per heavy atom. The third-order valence-corrected chi connectivity index (χ3v) is 2.04. The molecule has 0 saturated heterocycles. The van der Waals surface area contributed by atoms with E-state index >= 15 is 0 Å². The van der Waals surface area contributed by atoms with Crippen molar-refractivity contribution in [3.8, 4) is 11.5 Å². The van der Waals surface area contributed by atoms with Crippen molar-refractivity contribution in [3.05, 3.63) is 41.6 Å². The number of hydrogen-bond donors (Lipinski definition) is 1. The smallest absolute Gasteiger partial charge is 0.328 e. The van der Waals surface area contributed by atoms with Crippen LogP contribution in [0.1, 0.15) is 5.89 Å². The molecule has 19 heavy (non-hydrogen) atoms. The van der Waals surface area contributed by atoms with Crippen molar-refractivity contribution >= 4 is 12.0 Å². The zero-order valence-corrected chi connectivity index (χ0v) is 9.10. The number of aromatic nitrogens is 2. The Kier molecular flexibility index (Phi) is 3.32. The highest BCUT2D eigenvalue weighted by Crippen LogP contribution is 2.22. The van der Waals surface area contributed by atoms with Gasteiger partial charge in [0.1, 0.15) is 0 Å². The summed E-state index contributed by atoms with van der Waals surface area (Å²) in [5, 5.41) is 15.3. The van der Waals surface area contributed by atoms with Crippen LogP contribution in [0.4, 0.5) is 13.2 Å². The lowest BCUT2D eigenvalue weighted by atomic mass is 10.2. The van der Waals surface area contributed by atoms with Crippen molar-refractivity contribution < 1.29 is 27.5 Å². The minimum Gasteiger partial charge on any atom is -0.478 e. The van der Waals surface area contributed by atoms with Crippen LogP contribution >= 0.6 is 0 Å². The Morgan fingerprint density at radius 2 is 1.84 bits per heavy atom. The van der Waals surface area contributed by atoms with Crippen LogP contribution in [0.2, 0.25) is 0 Å². The molecule has 0 fully saturated rings. The fraction of sp³-hybridized carbons (Fsp3) is 0. The van der Waals surface area contributed by atoms with E-state index in [4.69, 9.17) is 9.52 Å². The number of nitrogens with zero attached hydrogens (tertiary/aromatic N) is 2. The third kappa shape index (κ3) is 2.79. The molecule has 98 valence electrons. The zero-order chi connectivity index (χ0) is 14.0. The van der Waals surface area contributed by atoms with Crippen LogP contribution in [0.15, 0.2) is 22.6 Å². The van der Waals surface area contributed by atoms with Gasteiger partial charge in [0.25, 0.3) is 0 Å². The SMILES string of the molecule is O=C(O)/C=C/c1nnc(-c2cc(F)c(F)c(F)c2)o1. The number of aliphatic carboxylic acids is 1. The first-order chi connectivity index (χ1) is 8.97. The molecule has 0 bridgehead atoms. The van der Waals surface area contributed by atoms with Gasteiger partial charge >= 0.3 is 5.97 Å². The van der Waals surface area contributed by atoms with E-state index in [2.05, 4.69) is 10.2 Å². The molecule has 2 aromatic rings. The van der Waals surface area contributed by atoms with Gasteiger partial charge in [-0.1, -0.05) is 0 Å². The van der Waals surface area contributed by atoms with Gasteiger partial charge in [0.05, 0.1) is 0 Å². The summed E-state index contributed by atoms with van der Waals surface area (Å²) in [5.41, 5.74) is -0.154. The molecule has 8 heteroatoms. The summed E-state index contributed by atoms with van der Waals surface area (Å²) < 4.78 is 43.7. The average Bonchev–Trinajstić information content (AvgIpc) is 2.81. The van der Waals surface area contributed by atoms with Crippen LogP contribution in [0.3, 0.4) is 0 Å².